The third-order valence-electron chi connectivity index (χ3n) is 4.45. The van der Waals surface area contributed by atoms with Crippen LogP contribution in [-0.4, -0.2) is 51.7 Å². The second-order valence-corrected chi connectivity index (χ2v) is 6.66. The molecule has 1 aliphatic rings. The lowest BCUT2D eigenvalue weighted by molar-refractivity contribution is -0.136. The molecule has 0 spiro atoms. The number of carbonyl (C=O) groups excluding carboxylic acids is 1. The van der Waals surface area contributed by atoms with Crippen molar-refractivity contribution in [2.75, 3.05) is 26.2 Å². The number of nitrogens with zero attached hydrogens (tertiary/aromatic N) is 4. The van der Waals surface area contributed by atoms with Crippen LogP contribution in [0.2, 0.25) is 0 Å². The predicted molar refractivity (Wildman–Crippen MR) is 96.9 cm³/mol. The van der Waals surface area contributed by atoms with Crippen LogP contribution in [0, 0.1) is 5.92 Å². The maximum Gasteiger partial charge on any atom is 0.268 e. The van der Waals surface area contributed by atoms with Crippen LogP contribution in [0.25, 0.3) is 11.3 Å². The minimum atomic E-state index is -0.111. The van der Waals surface area contributed by atoms with Crippen molar-refractivity contribution in [1.29, 1.82) is 0 Å². The zero-order chi connectivity index (χ0) is 17.8. The third kappa shape index (κ3) is 4.14. The lowest BCUT2D eigenvalue weighted by Gasteiger charge is -2.35. The molecule has 6 heteroatoms. The summed E-state index contributed by atoms with van der Waals surface area (Å²) in [5.74, 6) is 0.222. The van der Waals surface area contributed by atoms with Crippen molar-refractivity contribution in [3.63, 3.8) is 0 Å². The van der Waals surface area contributed by atoms with Gasteiger partial charge in [-0.25, -0.2) is 4.68 Å². The van der Waals surface area contributed by atoms with Crippen LogP contribution in [0.15, 0.2) is 47.3 Å². The maximum absolute atomic E-state index is 12.1. The Morgan fingerprint density at radius 2 is 1.72 bits per heavy atom. The fourth-order valence-electron chi connectivity index (χ4n) is 2.98. The van der Waals surface area contributed by atoms with Gasteiger partial charge in [-0.3, -0.25) is 14.5 Å². The lowest BCUT2D eigenvalue weighted by Crippen LogP contribution is -2.50. The van der Waals surface area contributed by atoms with Crippen molar-refractivity contribution >= 4 is 5.91 Å². The number of rotatable bonds is 4. The average Bonchev–Trinajstić information content (AvgIpc) is 2.64. The van der Waals surface area contributed by atoms with E-state index in [-0.39, 0.29) is 17.4 Å². The molecule has 0 bridgehead atoms. The van der Waals surface area contributed by atoms with E-state index in [4.69, 9.17) is 0 Å². The van der Waals surface area contributed by atoms with Crippen LogP contribution in [0.4, 0.5) is 0 Å². The summed E-state index contributed by atoms with van der Waals surface area (Å²) in [4.78, 5) is 28.3. The Balaban J connectivity index is 1.68. The molecular formula is C19H24N4O2. The van der Waals surface area contributed by atoms with Gasteiger partial charge < -0.3 is 4.90 Å². The highest BCUT2D eigenvalue weighted by Gasteiger charge is 2.23. The first-order valence-corrected chi connectivity index (χ1v) is 8.69. The van der Waals surface area contributed by atoms with Crippen molar-refractivity contribution in [2.45, 2.75) is 20.5 Å². The molecule has 2 aromatic rings. The summed E-state index contributed by atoms with van der Waals surface area (Å²) < 4.78 is 1.50. The first-order chi connectivity index (χ1) is 12.0. The van der Waals surface area contributed by atoms with Crippen molar-refractivity contribution in [3.8, 4) is 11.3 Å². The van der Waals surface area contributed by atoms with Gasteiger partial charge in [-0.05, 0) is 6.07 Å². The lowest BCUT2D eigenvalue weighted by atomic mass is 10.1. The minimum absolute atomic E-state index is 0.0263. The molecule has 1 saturated heterocycles. The van der Waals surface area contributed by atoms with Crippen LogP contribution in [0.5, 0.6) is 0 Å². The first kappa shape index (κ1) is 17.4. The Kier molecular flexibility index (Phi) is 5.28. The summed E-state index contributed by atoms with van der Waals surface area (Å²) in [7, 11) is 0. The van der Waals surface area contributed by atoms with Crippen LogP contribution < -0.4 is 5.56 Å². The van der Waals surface area contributed by atoms with Gasteiger partial charge in [-0.1, -0.05) is 44.2 Å². The van der Waals surface area contributed by atoms with Crippen LogP contribution >= 0.6 is 0 Å². The fourth-order valence-corrected chi connectivity index (χ4v) is 2.98. The summed E-state index contributed by atoms with van der Waals surface area (Å²) in [6.07, 6.45) is 0. The number of amides is 1. The van der Waals surface area contributed by atoms with E-state index in [1.54, 1.807) is 12.1 Å². The molecule has 1 aliphatic heterocycles. The van der Waals surface area contributed by atoms with E-state index in [0.717, 1.165) is 24.3 Å². The summed E-state index contributed by atoms with van der Waals surface area (Å²) in [5.41, 5.74) is 1.66. The van der Waals surface area contributed by atoms with Crippen molar-refractivity contribution in [3.05, 3.63) is 52.8 Å². The zero-order valence-electron chi connectivity index (χ0n) is 14.8. The molecule has 1 amide bonds. The second-order valence-electron chi connectivity index (χ2n) is 6.66. The fraction of sp³-hybridized carbons (Fsp3) is 0.421. The van der Waals surface area contributed by atoms with Crippen LogP contribution in [0.1, 0.15) is 13.8 Å². The third-order valence-corrected chi connectivity index (χ3v) is 4.45. The van der Waals surface area contributed by atoms with Gasteiger partial charge in [0.2, 0.25) is 5.91 Å². The van der Waals surface area contributed by atoms with Gasteiger partial charge in [-0.15, -0.1) is 0 Å². The molecule has 3 rings (SSSR count). The molecule has 6 nitrogen and oxygen atoms in total. The largest absolute Gasteiger partial charge is 0.340 e. The summed E-state index contributed by atoms with van der Waals surface area (Å²) in [6, 6.07) is 13.1. The van der Waals surface area contributed by atoms with Gasteiger partial charge in [0.1, 0.15) is 0 Å². The SMILES string of the molecule is CC(C)C(=O)N1CCN(Cn2nc(-c3ccccc3)ccc2=O)CC1. The van der Waals surface area contributed by atoms with Gasteiger partial charge in [0.15, 0.2) is 0 Å². The van der Waals surface area contributed by atoms with Crippen molar-refractivity contribution in [2.24, 2.45) is 5.92 Å². The molecule has 0 aliphatic carbocycles. The van der Waals surface area contributed by atoms with Crippen LogP contribution in [-0.2, 0) is 11.5 Å². The molecule has 0 unspecified atom stereocenters. The smallest absolute Gasteiger partial charge is 0.268 e. The van der Waals surface area contributed by atoms with Gasteiger partial charge in [0, 0.05) is 43.7 Å². The molecule has 132 valence electrons. The normalized spacial score (nSPS) is 15.6. The minimum Gasteiger partial charge on any atom is -0.340 e. The number of aromatic nitrogens is 2. The van der Waals surface area contributed by atoms with Crippen molar-refractivity contribution < 1.29 is 4.79 Å². The van der Waals surface area contributed by atoms with Gasteiger partial charge in [0.25, 0.3) is 5.56 Å². The van der Waals surface area contributed by atoms with Crippen molar-refractivity contribution in [1.82, 2.24) is 19.6 Å². The standard InChI is InChI=1S/C19H24N4O2/c1-15(2)19(25)22-12-10-21(11-13-22)14-23-18(24)9-8-17(20-23)16-6-4-3-5-7-16/h3-9,15H,10-14H2,1-2H3. The number of hydrogen-bond acceptors (Lipinski definition) is 4. The summed E-state index contributed by atoms with van der Waals surface area (Å²) >= 11 is 0. The van der Waals surface area contributed by atoms with E-state index in [1.807, 2.05) is 49.1 Å². The molecule has 1 fully saturated rings. The number of carbonyl (C=O) groups is 1. The molecule has 0 N–H and O–H groups in total. The molecule has 25 heavy (non-hydrogen) atoms. The molecule has 0 radical (unpaired) electrons. The van der Waals surface area contributed by atoms with E-state index in [0.29, 0.717) is 19.8 Å². The second kappa shape index (κ2) is 7.61. The van der Waals surface area contributed by atoms with Crippen LogP contribution in [0.3, 0.4) is 0 Å². The Labute approximate surface area is 147 Å². The Bertz CT molecular complexity index is 778. The number of piperazine rings is 1. The van der Waals surface area contributed by atoms with Gasteiger partial charge in [-0.2, -0.15) is 5.10 Å². The molecule has 1 aromatic heterocycles. The number of hydrogen-bond donors (Lipinski definition) is 0. The predicted octanol–water partition coefficient (Wildman–Crippen LogP) is 1.67. The van der Waals surface area contributed by atoms with Gasteiger partial charge >= 0.3 is 0 Å². The highest BCUT2D eigenvalue weighted by molar-refractivity contribution is 5.78. The Morgan fingerprint density at radius 3 is 2.36 bits per heavy atom. The molecule has 0 atom stereocenters. The molecule has 1 aromatic carbocycles. The van der Waals surface area contributed by atoms with E-state index >= 15 is 0 Å². The first-order valence-electron chi connectivity index (χ1n) is 8.69. The van der Waals surface area contributed by atoms with E-state index < -0.39 is 0 Å². The molecule has 0 saturated carbocycles. The Hall–Kier alpha value is -2.47. The molecular weight excluding hydrogens is 316 g/mol. The monoisotopic (exact) mass is 340 g/mol. The Morgan fingerprint density at radius 1 is 1.04 bits per heavy atom. The summed E-state index contributed by atoms with van der Waals surface area (Å²) in [5, 5.41) is 4.50. The van der Waals surface area contributed by atoms with E-state index in [9.17, 15) is 9.59 Å². The quantitative estimate of drug-likeness (QED) is 0.849. The number of benzene rings is 1. The highest BCUT2D eigenvalue weighted by atomic mass is 16.2. The topological polar surface area (TPSA) is 58.4 Å². The molecule has 2 heterocycles. The average molecular weight is 340 g/mol. The highest BCUT2D eigenvalue weighted by Crippen LogP contribution is 2.14. The van der Waals surface area contributed by atoms with E-state index in [2.05, 4.69) is 10.00 Å². The zero-order valence-corrected chi connectivity index (χ0v) is 14.8. The van der Waals surface area contributed by atoms with E-state index in [1.165, 1.54) is 4.68 Å². The summed E-state index contributed by atoms with van der Waals surface area (Å²) in [6.45, 7) is 7.20. The maximum atomic E-state index is 12.1. The van der Waals surface area contributed by atoms with Gasteiger partial charge in [0.05, 0.1) is 12.4 Å².